The minimum Gasteiger partial charge on any atom is -0.497 e. The first-order valence-electron chi connectivity index (χ1n) is 11.1. The molecule has 0 radical (unpaired) electrons. The molecule has 1 aliphatic rings. The minimum atomic E-state index is -3.66. The van der Waals surface area contributed by atoms with E-state index < -0.39 is 10.0 Å². The van der Waals surface area contributed by atoms with Crippen LogP contribution < -0.4 is 10.5 Å². The Morgan fingerprint density at radius 1 is 1.19 bits per heavy atom. The quantitative estimate of drug-likeness (QED) is 0.583. The van der Waals surface area contributed by atoms with E-state index in [1.165, 1.54) is 4.31 Å². The number of nitrogen functional groups attached to an aromatic ring is 1. The number of anilines is 1. The third-order valence-electron chi connectivity index (χ3n) is 5.83. The number of benzene rings is 1. The van der Waals surface area contributed by atoms with Crippen molar-refractivity contribution in [2.75, 3.05) is 19.4 Å². The number of imidazole rings is 1. The molecule has 3 heterocycles. The number of sulfonamides is 1. The summed E-state index contributed by atoms with van der Waals surface area (Å²) in [6, 6.07) is 6.51. The molecule has 0 bridgehead atoms. The maximum atomic E-state index is 13.4. The highest BCUT2D eigenvalue weighted by Crippen LogP contribution is 2.33. The second kappa shape index (κ2) is 8.71. The first kappa shape index (κ1) is 22.5. The Morgan fingerprint density at radius 3 is 2.53 bits per heavy atom. The van der Waals surface area contributed by atoms with E-state index in [4.69, 9.17) is 15.5 Å². The standard InChI is InChI=1S/C23H31N5O3S/c1-5-6-20-26-21-22(28(20)13-15(2)3)18-14-27(12-11-19(18)25-23(21)24)32(29,30)17-9-7-16(31-4)8-10-17/h7-10,15H,5-6,11-14H2,1-4H3,(H2,24,25). The van der Waals surface area contributed by atoms with E-state index in [0.29, 0.717) is 36.0 Å². The monoisotopic (exact) mass is 457 g/mol. The molecule has 2 N–H and O–H groups in total. The molecule has 32 heavy (non-hydrogen) atoms. The van der Waals surface area contributed by atoms with E-state index in [1.807, 2.05) is 0 Å². The molecule has 0 atom stereocenters. The Balaban J connectivity index is 1.81. The molecule has 2 aromatic heterocycles. The zero-order valence-electron chi connectivity index (χ0n) is 19.1. The fourth-order valence-electron chi connectivity index (χ4n) is 4.32. The molecule has 1 aromatic carbocycles. The average Bonchev–Trinajstić information content (AvgIpc) is 3.12. The summed E-state index contributed by atoms with van der Waals surface area (Å²) in [5.74, 6) is 2.43. The van der Waals surface area contributed by atoms with Crippen LogP contribution in [0.2, 0.25) is 0 Å². The second-order valence-corrected chi connectivity index (χ2v) is 10.6. The summed E-state index contributed by atoms with van der Waals surface area (Å²) in [6.07, 6.45) is 2.32. The minimum absolute atomic E-state index is 0.253. The van der Waals surface area contributed by atoms with Gasteiger partial charge in [0.05, 0.1) is 23.2 Å². The zero-order chi connectivity index (χ0) is 23.0. The van der Waals surface area contributed by atoms with Crippen LogP contribution in [0.5, 0.6) is 5.75 Å². The zero-order valence-corrected chi connectivity index (χ0v) is 19.9. The number of hydrogen-bond acceptors (Lipinski definition) is 6. The van der Waals surface area contributed by atoms with E-state index in [0.717, 1.165) is 42.0 Å². The number of hydrogen-bond donors (Lipinski definition) is 1. The van der Waals surface area contributed by atoms with Crippen LogP contribution in [-0.2, 0) is 36.0 Å². The van der Waals surface area contributed by atoms with Gasteiger partial charge in [0, 0.05) is 38.0 Å². The van der Waals surface area contributed by atoms with Crippen LogP contribution in [-0.4, -0.2) is 40.9 Å². The van der Waals surface area contributed by atoms with Gasteiger partial charge in [0.15, 0.2) is 5.82 Å². The van der Waals surface area contributed by atoms with Gasteiger partial charge in [0.25, 0.3) is 0 Å². The van der Waals surface area contributed by atoms with Gasteiger partial charge < -0.3 is 15.0 Å². The number of aromatic nitrogens is 3. The number of rotatable bonds is 7. The third kappa shape index (κ3) is 3.95. The predicted molar refractivity (Wildman–Crippen MR) is 125 cm³/mol. The number of aryl methyl sites for hydroxylation is 1. The third-order valence-corrected chi connectivity index (χ3v) is 7.69. The summed E-state index contributed by atoms with van der Waals surface area (Å²) < 4.78 is 35.7. The highest BCUT2D eigenvalue weighted by atomic mass is 32.2. The summed E-state index contributed by atoms with van der Waals surface area (Å²) in [5, 5.41) is 0. The van der Waals surface area contributed by atoms with Gasteiger partial charge in [-0.05, 0) is 36.6 Å². The van der Waals surface area contributed by atoms with Crippen molar-refractivity contribution in [3.05, 3.63) is 41.3 Å². The molecule has 0 fully saturated rings. The average molecular weight is 458 g/mol. The van der Waals surface area contributed by atoms with Gasteiger partial charge in [-0.2, -0.15) is 4.31 Å². The van der Waals surface area contributed by atoms with Gasteiger partial charge >= 0.3 is 0 Å². The number of methoxy groups -OCH3 is 1. The maximum absolute atomic E-state index is 13.4. The summed E-state index contributed by atoms with van der Waals surface area (Å²) >= 11 is 0. The Hall–Kier alpha value is -2.65. The van der Waals surface area contributed by atoms with Crippen LogP contribution in [0, 0.1) is 5.92 Å². The van der Waals surface area contributed by atoms with Crippen molar-refractivity contribution in [3.63, 3.8) is 0 Å². The van der Waals surface area contributed by atoms with Crippen molar-refractivity contribution >= 4 is 26.9 Å². The van der Waals surface area contributed by atoms with Crippen LogP contribution >= 0.6 is 0 Å². The Bertz CT molecular complexity index is 1230. The number of nitrogens with two attached hydrogens (primary N) is 1. The lowest BCUT2D eigenvalue weighted by Crippen LogP contribution is -2.36. The Kier molecular flexibility index (Phi) is 6.13. The number of ether oxygens (including phenoxy) is 1. The van der Waals surface area contributed by atoms with Crippen molar-refractivity contribution < 1.29 is 13.2 Å². The smallest absolute Gasteiger partial charge is 0.243 e. The van der Waals surface area contributed by atoms with Gasteiger partial charge in [0.1, 0.15) is 17.1 Å². The molecule has 8 nitrogen and oxygen atoms in total. The molecule has 0 aliphatic carbocycles. The molecule has 3 aromatic rings. The van der Waals surface area contributed by atoms with E-state index in [1.54, 1.807) is 31.4 Å². The van der Waals surface area contributed by atoms with Crippen molar-refractivity contribution in [3.8, 4) is 5.75 Å². The van der Waals surface area contributed by atoms with Gasteiger partial charge in [-0.1, -0.05) is 20.8 Å². The van der Waals surface area contributed by atoms with Crippen LogP contribution in [0.25, 0.3) is 11.0 Å². The van der Waals surface area contributed by atoms with E-state index in [9.17, 15) is 8.42 Å². The molecule has 1 aliphatic heterocycles. The van der Waals surface area contributed by atoms with Crippen LogP contribution in [0.4, 0.5) is 5.82 Å². The van der Waals surface area contributed by atoms with Crippen LogP contribution in [0.3, 0.4) is 0 Å². The van der Waals surface area contributed by atoms with Crippen LogP contribution in [0.1, 0.15) is 44.3 Å². The van der Waals surface area contributed by atoms with Gasteiger partial charge in [-0.15, -0.1) is 0 Å². The lowest BCUT2D eigenvalue weighted by molar-refractivity contribution is 0.388. The van der Waals surface area contributed by atoms with E-state index >= 15 is 0 Å². The molecular formula is C23H31N5O3S. The molecule has 0 spiro atoms. The molecule has 0 amide bonds. The number of nitrogens with zero attached hydrogens (tertiary/aromatic N) is 4. The summed E-state index contributed by atoms with van der Waals surface area (Å²) in [6.45, 7) is 7.87. The highest BCUT2D eigenvalue weighted by molar-refractivity contribution is 7.89. The molecule has 9 heteroatoms. The molecule has 0 saturated heterocycles. The number of fused-ring (bicyclic) bond motifs is 3. The van der Waals surface area contributed by atoms with Gasteiger partial charge in [-0.25, -0.2) is 18.4 Å². The fourth-order valence-corrected chi connectivity index (χ4v) is 5.73. The van der Waals surface area contributed by atoms with E-state index in [-0.39, 0.29) is 11.4 Å². The largest absolute Gasteiger partial charge is 0.497 e. The highest BCUT2D eigenvalue weighted by Gasteiger charge is 2.32. The predicted octanol–water partition coefficient (Wildman–Crippen LogP) is 3.38. The fraction of sp³-hybridized carbons (Fsp3) is 0.478. The first-order valence-corrected chi connectivity index (χ1v) is 12.5. The van der Waals surface area contributed by atoms with Crippen molar-refractivity contribution in [2.45, 2.75) is 58.0 Å². The van der Waals surface area contributed by atoms with Crippen molar-refractivity contribution in [1.29, 1.82) is 0 Å². The SMILES string of the molecule is CCCc1nc2c(N)nc3c(c2n1CC(C)C)CN(S(=O)(=O)c1ccc(OC)cc1)CC3. The topological polar surface area (TPSA) is 103 Å². The normalized spacial score (nSPS) is 14.8. The van der Waals surface area contributed by atoms with Crippen LogP contribution in [0.15, 0.2) is 29.2 Å². The molecule has 4 rings (SSSR count). The summed E-state index contributed by atoms with van der Waals surface area (Å²) in [5.41, 5.74) is 9.68. The van der Waals surface area contributed by atoms with E-state index in [2.05, 4.69) is 30.3 Å². The molecule has 0 unspecified atom stereocenters. The molecule has 0 saturated carbocycles. The Morgan fingerprint density at radius 2 is 1.91 bits per heavy atom. The van der Waals surface area contributed by atoms with Gasteiger partial charge in [0.2, 0.25) is 10.0 Å². The van der Waals surface area contributed by atoms with Crippen molar-refractivity contribution in [1.82, 2.24) is 18.8 Å². The maximum Gasteiger partial charge on any atom is 0.243 e. The molecule has 172 valence electrons. The summed E-state index contributed by atoms with van der Waals surface area (Å²) in [4.78, 5) is 9.69. The molecular weight excluding hydrogens is 426 g/mol. The first-order chi connectivity index (χ1) is 15.3. The summed E-state index contributed by atoms with van der Waals surface area (Å²) in [7, 11) is -2.10. The second-order valence-electron chi connectivity index (χ2n) is 8.67. The lowest BCUT2D eigenvalue weighted by atomic mass is 10.0. The van der Waals surface area contributed by atoms with Crippen molar-refractivity contribution in [2.24, 2.45) is 5.92 Å². The Labute approximate surface area is 189 Å². The van der Waals surface area contributed by atoms with Gasteiger partial charge in [-0.3, -0.25) is 0 Å². The lowest BCUT2D eigenvalue weighted by Gasteiger charge is -2.28. The number of pyridine rings is 1.